The van der Waals surface area contributed by atoms with Gasteiger partial charge >= 0.3 is 0 Å². The van der Waals surface area contributed by atoms with Gasteiger partial charge in [-0.3, -0.25) is 9.59 Å². The van der Waals surface area contributed by atoms with Crippen molar-refractivity contribution >= 4 is 22.8 Å². The molecule has 2 atom stereocenters. The molecule has 0 radical (unpaired) electrons. The second-order valence-corrected chi connectivity index (χ2v) is 8.60. The topological polar surface area (TPSA) is 69.3 Å². The van der Waals surface area contributed by atoms with Crippen LogP contribution >= 0.6 is 0 Å². The van der Waals surface area contributed by atoms with E-state index in [1.54, 1.807) is 25.3 Å². The third-order valence-electron chi connectivity index (χ3n) is 6.61. The molecule has 2 aromatic carbocycles. The summed E-state index contributed by atoms with van der Waals surface area (Å²) in [5.74, 6) is 0.476. The van der Waals surface area contributed by atoms with Crippen LogP contribution in [0.1, 0.15) is 57.0 Å². The number of carbonyl (C=O) groups excluding carboxylic acids is 2. The van der Waals surface area contributed by atoms with Crippen LogP contribution in [0.2, 0.25) is 0 Å². The van der Waals surface area contributed by atoms with E-state index in [-0.39, 0.29) is 17.9 Å². The Hall–Kier alpha value is -3.15. The lowest BCUT2D eigenvalue weighted by molar-refractivity contribution is 0.0547. The van der Waals surface area contributed by atoms with Gasteiger partial charge in [0.1, 0.15) is 0 Å². The normalized spacial score (nSPS) is 20.5. The predicted octanol–water partition coefficient (Wildman–Crippen LogP) is 3.60. The van der Waals surface area contributed by atoms with E-state index in [9.17, 15) is 9.59 Å². The number of piperidine rings is 1. The zero-order chi connectivity index (χ0) is 20.8. The fourth-order valence-electron chi connectivity index (χ4n) is 5.14. The van der Waals surface area contributed by atoms with Crippen LogP contribution in [0.25, 0.3) is 11.0 Å². The minimum Gasteiger partial charge on any atom is -0.345 e. The van der Waals surface area contributed by atoms with Gasteiger partial charge < -0.3 is 14.8 Å². The van der Waals surface area contributed by atoms with Crippen molar-refractivity contribution in [3.63, 3.8) is 0 Å². The Balaban J connectivity index is 1.43. The molecule has 6 heteroatoms. The molecule has 0 spiro atoms. The number of nitrogens with one attached hydrogen (secondary N) is 1. The fraction of sp³-hybridized carbons (Fsp3) is 0.375. The smallest absolute Gasteiger partial charge is 0.254 e. The van der Waals surface area contributed by atoms with Gasteiger partial charge in [-0.25, -0.2) is 4.98 Å². The largest absolute Gasteiger partial charge is 0.345 e. The van der Waals surface area contributed by atoms with Crippen molar-refractivity contribution in [2.45, 2.75) is 37.6 Å². The number of nitrogens with zero attached hydrogens (tertiary/aromatic N) is 3. The van der Waals surface area contributed by atoms with Gasteiger partial charge in [0.05, 0.1) is 17.4 Å². The highest BCUT2D eigenvalue weighted by Crippen LogP contribution is 2.41. The molecule has 2 aliphatic rings. The van der Waals surface area contributed by atoms with E-state index >= 15 is 0 Å². The average molecular weight is 402 g/mol. The second-order valence-electron chi connectivity index (χ2n) is 8.60. The first-order chi connectivity index (χ1) is 14.5. The second kappa shape index (κ2) is 7.27. The van der Waals surface area contributed by atoms with E-state index < -0.39 is 0 Å². The van der Waals surface area contributed by atoms with E-state index in [4.69, 9.17) is 0 Å². The monoisotopic (exact) mass is 402 g/mol. The number of aromatic nitrogens is 2. The zero-order valence-corrected chi connectivity index (χ0v) is 17.4. The number of H-pyrrole nitrogens is 1. The van der Waals surface area contributed by atoms with Gasteiger partial charge in [0.2, 0.25) is 0 Å². The molecule has 6 nitrogen and oxygen atoms in total. The number of amides is 2. The quantitative estimate of drug-likeness (QED) is 0.712. The molecule has 1 aliphatic carbocycles. The summed E-state index contributed by atoms with van der Waals surface area (Å²) in [6.45, 7) is 0.799. The first-order valence-corrected chi connectivity index (χ1v) is 10.6. The minimum absolute atomic E-state index is 0.0366. The van der Waals surface area contributed by atoms with Crippen LogP contribution in [0.15, 0.2) is 42.7 Å². The van der Waals surface area contributed by atoms with Gasteiger partial charge in [0.25, 0.3) is 11.8 Å². The van der Waals surface area contributed by atoms with E-state index in [0.717, 1.165) is 48.8 Å². The molecule has 1 N–H and O–H groups in total. The Bertz CT molecular complexity index is 1130. The summed E-state index contributed by atoms with van der Waals surface area (Å²) in [6.07, 6.45) is 5.58. The molecule has 1 aliphatic heterocycles. The Morgan fingerprint density at radius 2 is 1.93 bits per heavy atom. The molecule has 1 aromatic heterocycles. The fourth-order valence-corrected chi connectivity index (χ4v) is 5.14. The summed E-state index contributed by atoms with van der Waals surface area (Å²) >= 11 is 0. The third-order valence-corrected chi connectivity index (χ3v) is 6.61. The Morgan fingerprint density at radius 1 is 1.10 bits per heavy atom. The van der Waals surface area contributed by atoms with Crippen molar-refractivity contribution in [3.8, 4) is 0 Å². The summed E-state index contributed by atoms with van der Waals surface area (Å²) in [5.41, 5.74) is 5.79. The van der Waals surface area contributed by atoms with E-state index in [1.165, 1.54) is 11.1 Å². The maximum absolute atomic E-state index is 13.4. The van der Waals surface area contributed by atoms with Crippen molar-refractivity contribution < 1.29 is 9.59 Å². The highest BCUT2D eigenvalue weighted by atomic mass is 16.2. The van der Waals surface area contributed by atoms with Gasteiger partial charge in [0.15, 0.2) is 0 Å². The molecule has 0 bridgehead atoms. The van der Waals surface area contributed by atoms with Crippen LogP contribution in [0, 0.1) is 0 Å². The summed E-state index contributed by atoms with van der Waals surface area (Å²) in [7, 11) is 3.56. The number of benzene rings is 2. The number of rotatable bonds is 2. The number of imidazole rings is 1. The molecule has 0 unspecified atom stereocenters. The molecule has 2 amide bonds. The molecular formula is C24H26N4O2. The van der Waals surface area contributed by atoms with Gasteiger partial charge in [-0.2, -0.15) is 0 Å². The van der Waals surface area contributed by atoms with Crippen LogP contribution in [0.5, 0.6) is 0 Å². The van der Waals surface area contributed by atoms with Crippen LogP contribution in [-0.2, 0) is 6.42 Å². The van der Waals surface area contributed by atoms with Crippen molar-refractivity contribution in [2.75, 3.05) is 20.6 Å². The van der Waals surface area contributed by atoms with E-state index in [1.807, 2.05) is 24.3 Å². The highest BCUT2D eigenvalue weighted by molar-refractivity contribution is 5.97. The molecule has 5 rings (SSSR count). The average Bonchev–Trinajstić information content (AvgIpc) is 3.25. The minimum atomic E-state index is 0.0366. The van der Waals surface area contributed by atoms with Gasteiger partial charge in [0, 0.05) is 43.7 Å². The zero-order valence-electron chi connectivity index (χ0n) is 17.4. The third kappa shape index (κ3) is 3.07. The molecule has 30 heavy (non-hydrogen) atoms. The van der Waals surface area contributed by atoms with E-state index in [2.05, 4.69) is 27.0 Å². The Morgan fingerprint density at radius 3 is 2.77 bits per heavy atom. The van der Waals surface area contributed by atoms with Crippen LogP contribution in [-0.4, -0.2) is 58.3 Å². The first kappa shape index (κ1) is 18.9. The molecule has 0 saturated carbocycles. The summed E-state index contributed by atoms with van der Waals surface area (Å²) < 4.78 is 0. The maximum Gasteiger partial charge on any atom is 0.254 e. The number of hydrogen-bond acceptors (Lipinski definition) is 3. The summed E-state index contributed by atoms with van der Waals surface area (Å²) in [6, 6.07) is 12.0. The lowest BCUT2D eigenvalue weighted by Gasteiger charge is -2.45. The van der Waals surface area contributed by atoms with Crippen LogP contribution in [0.4, 0.5) is 0 Å². The number of carbonyl (C=O) groups is 2. The van der Waals surface area contributed by atoms with Gasteiger partial charge in [-0.1, -0.05) is 6.07 Å². The molecular weight excluding hydrogens is 376 g/mol. The van der Waals surface area contributed by atoms with Crippen molar-refractivity contribution in [1.82, 2.24) is 19.8 Å². The number of fused-ring (bicyclic) bond motifs is 4. The van der Waals surface area contributed by atoms with Crippen LogP contribution < -0.4 is 0 Å². The standard InChI is InChI=1S/C24H26N4O2/c1-27(2)23(29)16-5-8-18-15(12-16)7-10-22-19(18)4-3-11-28(22)24(30)17-6-9-20-21(13-17)26-14-25-20/h5-6,8-9,12-14,19,22H,3-4,7,10-11H2,1-2H3,(H,25,26)/t19-,22+/m0/s1. The van der Waals surface area contributed by atoms with E-state index in [0.29, 0.717) is 11.5 Å². The highest BCUT2D eigenvalue weighted by Gasteiger charge is 2.38. The molecule has 3 aromatic rings. The van der Waals surface area contributed by atoms with Gasteiger partial charge in [-0.15, -0.1) is 0 Å². The number of aryl methyl sites for hydroxylation is 1. The van der Waals surface area contributed by atoms with Gasteiger partial charge in [-0.05, 0) is 67.1 Å². The molecule has 1 saturated heterocycles. The summed E-state index contributed by atoms with van der Waals surface area (Å²) in [5, 5.41) is 0. The van der Waals surface area contributed by atoms with Crippen molar-refractivity contribution in [2.24, 2.45) is 0 Å². The number of hydrogen-bond donors (Lipinski definition) is 1. The van der Waals surface area contributed by atoms with Crippen molar-refractivity contribution in [1.29, 1.82) is 0 Å². The number of likely N-dealkylation sites (tertiary alicyclic amines) is 1. The lowest BCUT2D eigenvalue weighted by atomic mass is 9.73. The van der Waals surface area contributed by atoms with Crippen LogP contribution in [0.3, 0.4) is 0 Å². The Kier molecular flexibility index (Phi) is 4.57. The van der Waals surface area contributed by atoms with Crippen molar-refractivity contribution in [3.05, 3.63) is 65.0 Å². The summed E-state index contributed by atoms with van der Waals surface area (Å²) in [4.78, 5) is 36.8. The first-order valence-electron chi connectivity index (χ1n) is 10.6. The number of aromatic amines is 1. The maximum atomic E-state index is 13.4. The molecule has 2 heterocycles. The SMILES string of the molecule is CN(C)C(=O)c1ccc2c(c1)CC[C@@H]1[C@H]2CCCN1C(=O)c1ccc2nc[nH]c2c1. The molecule has 154 valence electrons. The predicted molar refractivity (Wildman–Crippen MR) is 116 cm³/mol. The molecule has 1 fully saturated rings. The Labute approximate surface area is 175 Å². The lowest BCUT2D eigenvalue weighted by Crippen LogP contribution is -2.49.